The van der Waals surface area contributed by atoms with Crippen LogP contribution in [-0.2, 0) is 9.59 Å². The number of benzene rings is 2. The number of methoxy groups -OCH3 is 1. The highest BCUT2D eigenvalue weighted by atomic mass is 16.5. The summed E-state index contributed by atoms with van der Waals surface area (Å²) in [5, 5.41) is 6.44. The summed E-state index contributed by atoms with van der Waals surface area (Å²) in [5.41, 5.74) is 7.87. The largest absolute Gasteiger partial charge is 0.497 e. The normalized spacial score (nSPS) is 10.8. The highest BCUT2D eigenvalue weighted by Gasteiger charge is 2.13. The first-order chi connectivity index (χ1) is 14.4. The van der Waals surface area contributed by atoms with Crippen molar-refractivity contribution in [1.29, 1.82) is 0 Å². The quantitative estimate of drug-likeness (QED) is 0.388. The van der Waals surface area contributed by atoms with E-state index >= 15 is 0 Å². The van der Waals surface area contributed by atoms with Crippen LogP contribution in [0.3, 0.4) is 0 Å². The Morgan fingerprint density at radius 3 is 2.27 bits per heavy atom. The van der Waals surface area contributed by atoms with Gasteiger partial charge in [0, 0.05) is 28.3 Å². The number of ether oxygens (including phenoxy) is 1. The van der Waals surface area contributed by atoms with E-state index in [1.54, 1.807) is 31.4 Å². The van der Waals surface area contributed by atoms with Gasteiger partial charge in [-0.05, 0) is 63.2 Å². The van der Waals surface area contributed by atoms with Gasteiger partial charge < -0.3 is 14.6 Å². The van der Waals surface area contributed by atoms with E-state index in [0.29, 0.717) is 11.4 Å². The van der Waals surface area contributed by atoms with E-state index in [0.717, 1.165) is 22.6 Å². The molecule has 0 fully saturated rings. The van der Waals surface area contributed by atoms with E-state index in [-0.39, 0.29) is 0 Å². The Morgan fingerprint density at radius 1 is 0.967 bits per heavy atom. The van der Waals surface area contributed by atoms with Crippen LogP contribution in [0.5, 0.6) is 5.75 Å². The number of carbonyl (C=O) groups excluding carboxylic acids is 2. The fourth-order valence-electron chi connectivity index (χ4n) is 3.08. The van der Waals surface area contributed by atoms with Crippen LogP contribution >= 0.6 is 0 Å². The number of rotatable bonds is 5. The van der Waals surface area contributed by atoms with Crippen molar-refractivity contribution in [3.05, 3.63) is 77.1 Å². The summed E-state index contributed by atoms with van der Waals surface area (Å²) in [4.78, 5) is 24.0. The minimum atomic E-state index is -0.852. The number of hydrogen-bond acceptors (Lipinski definition) is 4. The van der Waals surface area contributed by atoms with Gasteiger partial charge in [-0.3, -0.25) is 9.59 Å². The van der Waals surface area contributed by atoms with Crippen molar-refractivity contribution in [2.75, 3.05) is 12.4 Å². The molecule has 1 heterocycles. The molecule has 0 aliphatic rings. The molecule has 0 atom stereocenters. The van der Waals surface area contributed by atoms with Crippen molar-refractivity contribution in [3.63, 3.8) is 0 Å². The zero-order valence-corrected chi connectivity index (χ0v) is 17.4. The Labute approximate surface area is 175 Å². The van der Waals surface area contributed by atoms with E-state index in [4.69, 9.17) is 4.74 Å². The van der Waals surface area contributed by atoms with Gasteiger partial charge in [-0.25, -0.2) is 5.43 Å². The Morgan fingerprint density at radius 2 is 1.63 bits per heavy atom. The van der Waals surface area contributed by atoms with Crippen molar-refractivity contribution in [3.8, 4) is 11.4 Å². The third-order valence-corrected chi connectivity index (χ3v) is 4.69. The van der Waals surface area contributed by atoms with Crippen LogP contribution in [0.25, 0.3) is 5.69 Å². The van der Waals surface area contributed by atoms with Crippen LogP contribution in [0.2, 0.25) is 0 Å². The number of aromatic nitrogens is 1. The third-order valence-electron chi connectivity index (χ3n) is 4.69. The van der Waals surface area contributed by atoms with Crippen LogP contribution in [0.1, 0.15) is 22.5 Å². The average molecular weight is 404 g/mol. The zero-order chi connectivity index (χ0) is 21.7. The lowest BCUT2D eigenvalue weighted by molar-refractivity contribution is -0.136. The van der Waals surface area contributed by atoms with E-state index in [1.165, 1.54) is 11.8 Å². The Kier molecular flexibility index (Phi) is 6.32. The Balaban J connectivity index is 1.64. The molecule has 0 aliphatic carbocycles. The summed E-state index contributed by atoms with van der Waals surface area (Å²) in [7, 11) is 1.55. The molecule has 30 heavy (non-hydrogen) atoms. The van der Waals surface area contributed by atoms with Gasteiger partial charge in [-0.2, -0.15) is 5.10 Å². The summed E-state index contributed by atoms with van der Waals surface area (Å²) in [5.74, 6) is -0.998. The first-order valence-corrected chi connectivity index (χ1v) is 9.43. The molecule has 154 valence electrons. The van der Waals surface area contributed by atoms with Crippen LogP contribution in [0.4, 0.5) is 5.69 Å². The summed E-state index contributed by atoms with van der Waals surface area (Å²) in [6, 6.07) is 16.9. The topological polar surface area (TPSA) is 84.7 Å². The van der Waals surface area contributed by atoms with Gasteiger partial charge in [0.25, 0.3) is 0 Å². The smallest absolute Gasteiger partial charge is 0.329 e. The molecule has 2 N–H and O–H groups in total. The first kappa shape index (κ1) is 20.9. The first-order valence-electron chi connectivity index (χ1n) is 9.43. The zero-order valence-electron chi connectivity index (χ0n) is 17.4. The number of nitrogens with one attached hydrogen (secondary N) is 2. The minimum absolute atomic E-state index is 0.488. The highest BCUT2D eigenvalue weighted by Crippen LogP contribution is 2.20. The lowest BCUT2D eigenvalue weighted by atomic mass is 10.2. The van der Waals surface area contributed by atoms with Crippen LogP contribution in [-0.4, -0.2) is 29.7 Å². The molecule has 3 rings (SSSR count). The number of amides is 2. The molecule has 0 saturated heterocycles. The third kappa shape index (κ3) is 4.75. The van der Waals surface area contributed by atoms with E-state index in [2.05, 4.69) is 44.7 Å². The highest BCUT2D eigenvalue weighted by molar-refractivity contribution is 6.39. The van der Waals surface area contributed by atoms with E-state index in [9.17, 15) is 9.59 Å². The van der Waals surface area contributed by atoms with Crippen molar-refractivity contribution >= 4 is 23.7 Å². The van der Waals surface area contributed by atoms with Gasteiger partial charge >= 0.3 is 11.8 Å². The maximum atomic E-state index is 12.0. The molecule has 2 aromatic carbocycles. The van der Waals surface area contributed by atoms with Crippen LogP contribution < -0.4 is 15.5 Å². The predicted octanol–water partition coefficient (Wildman–Crippen LogP) is 3.50. The molecule has 0 aliphatic heterocycles. The summed E-state index contributed by atoms with van der Waals surface area (Å²) in [6.45, 7) is 6.03. The fourth-order valence-corrected chi connectivity index (χ4v) is 3.08. The SMILES string of the molecule is COc1ccc(NC(=O)C(=O)N/N=C/c2cc(C)n(-c3ccc(C)cc3)c2C)cc1. The predicted molar refractivity (Wildman–Crippen MR) is 117 cm³/mol. The second kappa shape index (κ2) is 9.09. The molecule has 2 amide bonds. The molecule has 0 bridgehead atoms. The molecule has 1 aromatic heterocycles. The fraction of sp³-hybridized carbons (Fsp3) is 0.174. The van der Waals surface area contributed by atoms with Gasteiger partial charge in [0.2, 0.25) is 0 Å². The Hall–Kier alpha value is -3.87. The maximum Gasteiger partial charge on any atom is 0.329 e. The van der Waals surface area contributed by atoms with Crippen molar-refractivity contribution in [1.82, 2.24) is 9.99 Å². The molecule has 0 saturated carbocycles. The van der Waals surface area contributed by atoms with Crippen molar-refractivity contribution < 1.29 is 14.3 Å². The lowest BCUT2D eigenvalue weighted by Gasteiger charge is -2.09. The van der Waals surface area contributed by atoms with Gasteiger partial charge in [-0.15, -0.1) is 0 Å². The molecule has 7 heteroatoms. The standard InChI is InChI=1S/C23H24N4O3/c1-15-5-9-20(10-6-15)27-16(2)13-18(17(27)3)14-24-26-23(29)22(28)25-19-7-11-21(30-4)12-8-19/h5-14H,1-4H3,(H,25,28)(H,26,29)/b24-14+. The number of hydrogen-bond donors (Lipinski definition) is 2. The van der Waals surface area contributed by atoms with Crippen molar-refractivity contribution in [2.45, 2.75) is 20.8 Å². The number of aryl methyl sites for hydroxylation is 2. The monoisotopic (exact) mass is 404 g/mol. The minimum Gasteiger partial charge on any atom is -0.497 e. The molecule has 0 radical (unpaired) electrons. The summed E-state index contributed by atoms with van der Waals surface area (Å²) >= 11 is 0. The second-order valence-corrected chi connectivity index (χ2v) is 6.88. The van der Waals surface area contributed by atoms with E-state index in [1.807, 2.05) is 26.8 Å². The van der Waals surface area contributed by atoms with Crippen molar-refractivity contribution in [2.24, 2.45) is 5.10 Å². The molecule has 3 aromatic rings. The summed E-state index contributed by atoms with van der Waals surface area (Å²) < 4.78 is 7.17. The number of nitrogens with zero attached hydrogens (tertiary/aromatic N) is 2. The molecule has 0 spiro atoms. The average Bonchev–Trinajstić information content (AvgIpc) is 3.02. The van der Waals surface area contributed by atoms with Gasteiger partial charge in [0.15, 0.2) is 0 Å². The molecular weight excluding hydrogens is 380 g/mol. The number of anilines is 1. The van der Waals surface area contributed by atoms with Gasteiger partial charge in [0.05, 0.1) is 13.3 Å². The Bertz CT molecular complexity index is 1080. The number of hydrazone groups is 1. The molecule has 0 unspecified atom stereocenters. The maximum absolute atomic E-state index is 12.0. The van der Waals surface area contributed by atoms with Gasteiger partial charge in [-0.1, -0.05) is 17.7 Å². The van der Waals surface area contributed by atoms with Crippen LogP contribution in [0.15, 0.2) is 59.7 Å². The lowest BCUT2D eigenvalue weighted by Crippen LogP contribution is -2.32. The number of carbonyl (C=O) groups is 2. The molecule has 7 nitrogen and oxygen atoms in total. The summed E-state index contributed by atoms with van der Waals surface area (Å²) in [6.07, 6.45) is 1.53. The van der Waals surface area contributed by atoms with Crippen LogP contribution in [0, 0.1) is 20.8 Å². The second-order valence-electron chi connectivity index (χ2n) is 6.88. The van der Waals surface area contributed by atoms with Gasteiger partial charge in [0.1, 0.15) is 5.75 Å². The molecular formula is C23H24N4O3. The van der Waals surface area contributed by atoms with E-state index < -0.39 is 11.8 Å².